The van der Waals surface area contributed by atoms with Crippen molar-refractivity contribution in [3.8, 4) is 0 Å². The molecule has 4 rings (SSSR count). The SMILES string of the molecule is c1ccc2c3c([nH]c2c1)C(NCCc1ccncc1)CCC3. The van der Waals surface area contributed by atoms with Gasteiger partial charge in [-0.3, -0.25) is 4.98 Å². The summed E-state index contributed by atoms with van der Waals surface area (Å²) in [5, 5.41) is 5.14. The molecule has 3 heteroatoms. The Bertz CT molecular complexity index is 761. The van der Waals surface area contributed by atoms with E-state index in [0.29, 0.717) is 6.04 Å². The van der Waals surface area contributed by atoms with E-state index in [2.05, 4.69) is 51.7 Å². The molecule has 0 fully saturated rings. The molecule has 112 valence electrons. The second kappa shape index (κ2) is 5.93. The van der Waals surface area contributed by atoms with Crippen molar-refractivity contribution in [2.45, 2.75) is 31.7 Å². The fourth-order valence-corrected chi connectivity index (χ4v) is 3.56. The molecule has 1 atom stereocenters. The van der Waals surface area contributed by atoms with E-state index in [9.17, 15) is 0 Å². The number of fused-ring (bicyclic) bond motifs is 3. The largest absolute Gasteiger partial charge is 0.357 e. The summed E-state index contributed by atoms with van der Waals surface area (Å²) in [6, 6.07) is 13.3. The van der Waals surface area contributed by atoms with Crippen LogP contribution in [-0.2, 0) is 12.8 Å². The number of benzene rings is 1. The molecule has 1 aliphatic carbocycles. The predicted octanol–water partition coefficient (Wildman–Crippen LogP) is 3.77. The van der Waals surface area contributed by atoms with E-state index in [1.807, 2.05) is 12.4 Å². The summed E-state index contributed by atoms with van der Waals surface area (Å²) in [7, 11) is 0. The zero-order valence-corrected chi connectivity index (χ0v) is 12.7. The Labute approximate surface area is 130 Å². The van der Waals surface area contributed by atoms with Crippen molar-refractivity contribution in [1.82, 2.24) is 15.3 Å². The summed E-state index contributed by atoms with van der Waals surface area (Å²) in [6.07, 6.45) is 8.46. The molecule has 3 aromatic rings. The average molecular weight is 291 g/mol. The number of para-hydroxylation sites is 1. The van der Waals surface area contributed by atoms with Gasteiger partial charge in [-0.25, -0.2) is 0 Å². The maximum atomic E-state index is 4.07. The van der Waals surface area contributed by atoms with Gasteiger partial charge >= 0.3 is 0 Å². The van der Waals surface area contributed by atoms with Crippen LogP contribution in [0.1, 0.15) is 35.7 Å². The predicted molar refractivity (Wildman–Crippen MR) is 89.9 cm³/mol. The molecule has 0 aliphatic heterocycles. The molecule has 22 heavy (non-hydrogen) atoms. The van der Waals surface area contributed by atoms with E-state index in [1.165, 1.54) is 47.0 Å². The van der Waals surface area contributed by atoms with Gasteiger partial charge in [0.25, 0.3) is 0 Å². The maximum Gasteiger partial charge on any atom is 0.0476 e. The number of pyridine rings is 1. The standard InChI is InChI=1S/C19H21N3/c1-2-6-17-15(4-1)16-5-3-7-18(19(16)22-17)21-13-10-14-8-11-20-12-9-14/h1-2,4,6,8-9,11-12,18,21-22H,3,5,7,10,13H2. The van der Waals surface area contributed by atoms with Gasteiger partial charge in [0.15, 0.2) is 0 Å². The quantitative estimate of drug-likeness (QED) is 0.768. The first-order valence-electron chi connectivity index (χ1n) is 8.13. The van der Waals surface area contributed by atoms with Crippen molar-refractivity contribution in [3.63, 3.8) is 0 Å². The van der Waals surface area contributed by atoms with Crippen LogP contribution in [-0.4, -0.2) is 16.5 Å². The first-order valence-corrected chi connectivity index (χ1v) is 8.13. The van der Waals surface area contributed by atoms with Crippen molar-refractivity contribution in [1.29, 1.82) is 0 Å². The van der Waals surface area contributed by atoms with Gasteiger partial charge in [-0.2, -0.15) is 0 Å². The minimum Gasteiger partial charge on any atom is -0.357 e. The molecule has 0 saturated heterocycles. The average Bonchev–Trinajstić information content (AvgIpc) is 2.96. The van der Waals surface area contributed by atoms with Crippen LogP contribution in [0.25, 0.3) is 10.9 Å². The van der Waals surface area contributed by atoms with Crippen molar-refractivity contribution < 1.29 is 0 Å². The Balaban J connectivity index is 1.50. The Kier molecular flexibility index (Phi) is 3.65. The summed E-state index contributed by atoms with van der Waals surface area (Å²) in [6.45, 7) is 1.00. The first-order chi connectivity index (χ1) is 10.9. The van der Waals surface area contributed by atoms with Crippen LogP contribution in [0.4, 0.5) is 0 Å². The van der Waals surface area contributed by atoms with Crippen molar-refractivity contribution in [2.24, 2.45) is 0 Å². The number of rotatable bonds is 4. The fraction of sp³-hybridized carbons (Fsp3) is 0.316. The highest BCUT2D eigenvalue weighted by Gasteiger charge is 2.23. The minimum absolute atomic E-state index is 0.456. The van der Waals surface area contributed by atoms with E-state index in [1.54, 1.807) is 0 Å². The Hall–Kier alpha value is -2.13. The summed E-state index contributed by atoms with van der Waals surface area (Å²) in [5.41, 5.74) is 5.54. The van der Waals surface area contributed by atoms with Gasteiger partial charge in [-0.1, -0.05) is 18.2 Å². The van der Waals surface area contributed by atoms with Crippen LogP contribution in [0.15, 0.2) is 48.8 Å². The fourth-order valence-electron chi connectivity index (χ4n) is 3.56. The van der Waals surface area contributed by atoms with E-state index in [-0.39, 0.29) is 0 Å². The monoisotopic (exact) mass is 291 g/mol. The summed E-state index contributed by atoms with van der Waals surface area (Å²) in [4.78, 5) is 7.71. The van der Waals surface area contributed by atoms with Crippen molar-refractivity contribution >= 4 is 10.9 Å². The molecule has 0 amide bonds. The second-order valence-corrected chi connectivity index (χ2v) is 6.07. The Morgan fingerprint density at radius 1 is 1.14 bits per heavy atom. The lowest BCUT2D eigenvalue weighted by Gasteiger charge is -2.24. The van der Waals surface area contributed by atoms with Gasteiger partial charge in [0.2, 0.25) is 0 Å². The maximum absolute atomic E-state index is 4.07. The second-order valence-electron chi connectivity index (χ2n) is 6.07. The molecule has 1 aliphatic rings. The molecular weight excluding hydrogens is 270 g/mol. The highest BCUT2D eigenvalue weighted by Crippen LogP contribution is 2.34. The lowest BCUT2D eigenvalue weighted by atomic mass is 9.91. The Morgan fingerprint density at radius 3 is 2.91 bits per heavy atom. The number of hydrogen-bond donors (Lipinski definition) is 2. The molecule has 1 aromatic carbocycles. The molecule has 0 spiro atoms. The molecular formula is C19H21N3. The van der Waals surface area contributed by atoms with E-state index < -0.39 is 0 Å². The normalized spacial score (nSPS) is 17.5. The lowest BCUT2D eigenvalue weighted by Crippen LogP contribution is -2.27. The molecule has 0 bridgehead atoms. The van der Waals surface area contributed by atoms with Gasteiger partial charge in [0.1, 0.15) is 0 Å². The third-order valence-corrected chi connectivity index (χ3v) is 4.67. The molecule has 2 N–H and O–H groups in total. The molecule has 2 heterocycles. The minimum atomic E-state index is 0.456. The zero-order chi connectivity index (χ0) is 14.8. The third-order valence-electron chi connectivity index (χ3n) is 4.67. The van der Waals surface area contributed by atoms with Gasteiger partial charge in [0.05, 0.1) is 0 Å². The van der Waals surface area contributed by atoms with Gasteiger partial charge in [0, 0.05) is 35.0 Å². The smallest absolute Gasteiger partial charge is 0.0476 e. The number of aromatic nitrogens is 2. The first kappa shape index (κ1) is 13.5. The molecule has 3 nitrogen and oxygen atoms in total. The number of nitrogens with zero attached hydrogens (tertiary/aromatic N) is 1. The van der Waals surface area contributed by atoms with Crippen LogP contribution >= 0.6 is 0 Å². The molecule has 1 unspecified atom stereocenters. The topological polar surface area (TPSA) is 40.7 Å². The van der Waals surface area contributed by atoms with Crippen molar-refractivity contribution in [2.75, 3.05) is 6.54 Å². The number of aromatic amines is 1. The molecule has 0 saturated carbocycles. The highest BCUT2D eigenvalue weighted by molar-refractivity contribution is 5.85. The van der Waals surface area contributed by atoms with Crippen molar-refractivity contribution in [3.05, 3.63) is 65.6 Å². The van der Waals surface area contributed by atoms with Crippen LogP contribution in [0.5, 0.6) is 0 Å². The zero-order valence-electron chi connectivity index (χ0n) is 12.7. The summed E-state index contributed by atoms with van der Waals surface area (Å²) >= 11 is 0. The van der Waals surface area contributed by atoms with Crippen LogP contribution in [0.3, 0.4) is 0 Å². The summed E-state index contributed by atoms with van der Waals surface area (Å²) in [5.74, 6) is 0. The van der Waals surface area contributed by atoms with Gasteiger partial charge in [-0.15, -0.1) is 0 Å². The summed E-state index contributed by atoms with van der Waals surface area (Å²) < 4.78 is 0. The van der Waals surface area contributed by atoms with E-state index in [4.69, 9.17) is 0 Å². The molecule has 2 aromatic heterocycles. The lowest BCUT2D eigenvalue weighted by molar-refractivity contribution is 0.456. The molecule has 0 radical (unpaired) electrons. The van der Waals surface area contributed by atoms with Crippen LogP contribution < -0.4 is 5.32 Å². The van der Waals surface area contributed by atoms with E-state index >= 15 is 0 Å². The van der Waals surface area contributed by atoms with Gasteiger partial charge < -0.3 is 10.3 Å². The van der Waals surface area contributed by atoms with Crippen LogP contribution in [0, 0.1) is 0 Å². The third kappa shape index (κ3) is 2.53. The number of aryl methyl sites for hydroxylation is 1. The number of hydrogen-bond acceptors (Lipinski definition) is 2. The van der Waals surface area contributed by atoms with E-state index in [0.717, 1.165) is 13.0 Å². The van der Waals surface area contributed by atoms with Crippen LogP contribution in [0.2, 0.25) is 0 Å². The highest BCUT2D eigenvalue weighted by atomic mass is 14.9. The van der Waals surface area contributed by atoms with Gasteiger partial charge in [-0.05, 0) is 61.6 Å². The Morgan fingerprint density at radius 2 is 2.00 bits per heavy atom. The number of nitrogens with one attached hydrogen (secondary N) is 2. The number of H-pyrrole nitrogens is 1.